The van der Waals surface area contributed by atoms with E-state index in [0.29, 0.717) is 6.04 Å². The van der Waals surface area contributed by atoms with Gasteiger partial charge in [-0.1, -0.05) is 32.0 Å². The summed E-state index contributed by atoms with van der Waals surface area (Å²) in [5.74, 6) is 1.64. The molecule has 0 amide bonds. The van der Waals surface area contributed by atoms with Gasteiger partial charge in [0.15, 0.2) is 0 Å². The Labute approximate surface area is 117 Å². The molecule has 104 valence electrons. The summed E-state index contributed by atoms with van der Waals surface area (Å²) in [4.78, 5) is 2.68. The Kier molecular flexibility index (Phi) is 3.53. The second-order valence-corrected chi connectivity index (χ2v) is 6.62. The Balaban J connectivity index is 1.79. The van der Waals surface area contributed by atoms with Crippen LogP contribution >= 0.6 is 0 Å². The summed E-state index contributed by atoms with van der Waals surface area (Å²) in [5, 5.41) is 3.57. The van der Waals surface area contributed by atoms with Gasteiger partial charge in [-0.2, -0.15) is 0 Å². The lowest BCUT2D eigenvalue weighted by Gasteiger charge is -2.41. The minimum absolute atomic E-state index is 0.702. The zero-order valence-electron chi connectivity index (χ0n) is 12.4. The molecule has 2 heterocycles. The molecule has 2 aliphatic heterocycles. The monoisotopic (exact) mass is 258 g/mol. The molecule has 0 saturated carbocycles. The number of hydrogen-bond donors (Lipinski definition) is 1. The molecule has 1 N–H and O–H groups in total. The van der Waals surface area contributed by atoms with E-state index in [1.54, 1.807) is 0 Å². The normalized spacial score (nSPS) is 31.0. The molecule has 0 spiro atoms. The predicted octanol–water partition coefficient (Wildman–Crippen LogP) is 3.52. The van der Waals surface area contributed by atoms with E-state index in [0.717, 1.165) is 24.9 Å². The molecule has 1 aromatic carbocycles. The van der Waals surface area contributed by atoms with Crippen molar-refractivity contribution in [2.75, 3.05) is 18.4 Å². The fourth-order valence-corrected chi connectivity index (χ4v) is 3.80. The SMILES string of the molecule is CC1CC(C)C(C)N(Cc2cccc3c2NCC3)C1. The van der Waals surface area contributed by atoms with Crippen LogP contribution in [-0.2, 0) is 13.0 Å². The second-order valence-electron chi connectivity index (χ2n) is 6.62. The molecule has 3 atom stereocenters. The number of nitrogens with one attached hydrogen (secondary N) is 1. The first-order valence-corrected chi connectivity index (χ1v) is 7.74. The number of fused-ring (bicyclic) bond motifs is 1. The third kappa shape index (κ3) is 2.51. The van der Waals surface area contributed by atoms with Crippen LogP contribution in [0.1, 0.15) is 38.3 Å². The molecular weight excluding hydrogens is 232 g/mol. The van der Waals surface area contributed by atoms with Gasteiger partial charge in [-0.3, -0.25) is 4.90 Å². The van der Waals surface area contributed by atoms with Crippen molar-refractivity contribution < 1.29 is 0 Å². The van der Waals surface area contributed by atoms with E-state index < -0.39 is 0 Å². The third-order valence-corrected chi connectivity index (χ3v) is 5.03. The van der Waals surface area contributed by atoms with Crippen LogP contribution in [-0.4, -0.2) is 24.0 Å². The molecule has 0 bridgehead atoms. The van der Waals surface area contributed by atoms with Gasteiger partial charge in [0, 0.05) is 31.4 Å². The first-order valence-electron chi connectivity index (χ1n) is 7.74. The van der Waals surface area contributed by atoms with Gasteiger partial charge in [0.05, 0.1) is 0 Å². The molecule has 1 saturated heterocycles. The maximum absolute atomic E-state index is 3.57. The summed E-state index contributed by atoms with van der Waals surface area (Å²) >= 11 is 0. The topological polar surface area (TPSA) is 15.3 Å². The van der Waals surface area contributed by atoms with Gasteiger partial charge in [0.1, 0.15) is 0 Å². The van der Waals surface area contributed by atoms with Gasteiger partial charge in [-0.15, -0.1) is 0 Å². The lowest BCUT2D eigenvalue weighted by atomic mass is 9.85. The van der Waals surface area contributed by atoms with Crippen LogP contribution < -0.4 is 5.32 Å². The molecule has 2 aliphatic rings. The van der Waals surface area contributed by atoms with Gasteiger partial charge in [-0.05, 0) is 42.7 Å². The van der Waals surface area contributed by atoms with Crippen LogP contribution in [0.15, 0.2) is 18.2 Å². The zero-order valence-corrected chi connectivity index (χ0v) is 12.4. The molecule has 0 aromatic heterocycles. The van der Waals surface area contributed by atoms with Crippen molar-refractivity contribution in [2.24, 2.45) is 11.8 Å². The minimum Gasteiger partial charge on any atom is -0.384 e. The first kappa shape index (κ1) is 13.0. The molecule has 2 heteroatoms. The highest BCUT2D eigenvalue weighted by atomic mass is 15.2. The Morgan fingerprint density at radius 2 is 2.11 bits per heavy atom. The van der Waals surface area contributed by atoms with Crippen molar-refractivity contribution >= 4 is 5.69 Å². The van der Waals surface area contributed by atoms with Crippen molar-refractivity contribution in [3.63, 3.8) is 0 Å². The van der Waals surface area contributed by atoms with Crippen LogP contribution in [0.25, 0.3) is 0 Å². The fraction of sp³-hybridized carbons (Fsp3) is 0.647. The summed E-state index contributed by atoms with van der Waals surface area (Å²) in [6, 6.07) is 7.49. The van der Waals surface area contributed by atoms with E-state index in [1.807, 2.05) is 0 Å². The van der Waals surface area contributed by atoms with Gasteiger partial charge in [0.25, 0.3) is 0 Å². The van der Waals surface area contributed by atoms with E-state index >= 15 is 0 Å². The van der Waals surface area contributed by atoms with Crippen molar-refractivity contribution in [3.8, 4) is 0 Å². The number of anilines is 1. The molecule has 1 fully saturated rings. The quantitative estimate of drug-likeness (QED) is 0.873. The Morgan fingerprint density at radius 1 is 1.26 bits per heavy atom. The van der Waals surface area contributed by atoms with Crippen LogP contribution in [0, 0.1) is 11.8 Å². The lowest BCUT2D eigenvalue weighted by molar-refractivity contribution is 0.0731. The minimum atomic E-state index is 0.702. The van der Waals surface area contributed by atoms with Gasteiger partial charge >= 0.3 is 0 Å². The number of para-hydroxylation sites is 1. The number of piperidine rings is 1. The van der Waals surface area contributed by atoms with Crippen LogP contribution in [0.3, 0.4) is 0 Å². The predicted molar refractivity (Wildman–Crippen MR) is 81.5 cm³/mol. The highest BCUT2D eigenvalue weighted by Gasteiger charge is 2.29. The largest absolute Gasteiger partial charge is 0.384 e. The van der Waals surface area contributed by atoms with Gasteiger partial charge < -0.3 is 5.32 Å². The van der Waals surface area contributed by atoms with Crippen LogP contribution in [0.5, 0.6) is 0 Å². The second kappa shape index (κ2) is 5.16. The van der Waals surface area contributed by atoms with Crippen molar-refractivity contribution in [3.05, 3.63) is 29.3 Å². The fourth-order valence-electron chi connectivity index (χ4n) is 3.80. The van der Waals surface area contributed by atoms with Crippen LogP contribution in [0.4, 0.5) is 5.69 Å². The van der Waals surface area contributed by atoms with E-state index in [2.05, 4.69) is 49.2 Å². The number of rotatable bonds is 2. The van der Waals surface area contributed by atoms with E-state index in [9.17, 15) is 0 Å². The van der Waals surface area contributed by atoms with E-state index in [4.69, 9.17) is 0 Å². The highest BCUT2D eigenvalue weighted by molar-refractivity contribution is 5.61. The van der Waals surface area contributed by atoms with E-state index in [1.165, 1.54) is 36.2 Å². The number of likely N-dealkylation sites (tertiary alicyclic amines) is 1. The molecule has 0 aliphatic carbocycles. The average Bonchev–Trinajstić information content (AvgIpc) is 2.84. The summed E-state index contributed by atoms with van der Waals surface area (Å²) in [6.45, 7) is 10.6. The highest BCUT2D eigenvalue weighted by Crippen LogP contribution is 2.32. The van der Waals surface area contributed by atoms with Gasteiger partial charge in [-0.25, -0.2) is 0 Å². The number of nitrogens with zero attached hydrogens (tertiary/aromatic N) is 1. The molecule has 3 rings (SSSR count). The van der Waals surface area contributed by atoms with Crippen molar-refractivity contribution in [1.82, 2.24) is 4.90 Å². The summed E-state index contributed by atoms with van der Waals surface area (Å²) < 4.78 is 0. The van der Waals surface area contributed by atoms with Crippen LogP contribution in [0.2, 0.25) is 0 Å². The van der Waals surface area contributed by atoms with E-state index in [-0.39, 0.29) is 0 Å². The molecule has 2 nitrogen and oxygen atoms in total. The average molecular weight is 258 g/mol. The van der Waals surface area contributed by atoms with Crippen molar-refractivity contribution in [1.29, 1.82) is 0 Å². The van der Waals surface area contributed by atoms with Crippen molar-refractivity contribution in [2.45, 2.75) is 46.2 Å². The maximum atomic E-state index is 3.57. The van der Waals surface area contributed by atoms with Gasteiger partial charge in [0.2, 0.25) is 0 Å². The molecule has 3 unspecified atom stereocenters. The zero-order chi connectivity index (χ0) is 13.4. The standard InChI is InChI=1S/C17H26N2/c1-12-9-13(2)14(3)19(10-12)11-16-6-4-5-15-7-8-18-17(15)16/h4-6,12-14,18H,7-11H2,1-3H3. The Bertz CT molecular complexity index is 455. The summed E-state index contributed by atoms with van der Waals surface area (Å²) in [6.07, 6.45) is 2.56. The number of benzene rings is 1. The Morgan fingerprint density at radius 3 is 2.95 bits per heavy atom. The summed E-state index contributed by atoms with van der Waals surface area (Å²) in [5.41, 5.74) is 4.41. The first-order chi connectivity index (χ1) is 9.15. The number of hydrogen-bond acceptors (Lipinski definition) is 2. The molecular formula is C17H26N2. The third-order valence-electron chi connectivity index (χ3n) is 5.03. The smallest absolute Gasteiger partial charge is 0.0419 e. The summed E-state index contributed by atoms with van der Waals surface area (Å²) in [7, 11) is 0. The maximum Gasteiger partial charge on any atom is 0.0419 e. The lowest BCUT2D eigenvalue weighted by Crippen LogP contribution is -2.45. The molecule has 19 heavy (non-hydrogen) atoms. The molecule has 0 radical (unpaired) electrons. The molecule has 1 aromatic rings. The Hall–Kier alpha value is -1.02.